The van der Waals surface area contributed by atoms with Gasteiger partial charge in [0.25, 0.3) is 0 Å². The number of carbonyl (C=O) groups is 2. The van der Waals surface area contributed by atoms with E-state index in [0.717, 1.165) is 34.8 Å². The highest BCUT2D eigenvalue weighted by Crippen LogP contribution is 2.32. The van der Waals surface area contributed by atoms with Gasteiger partial charge in [-0.2, -0.15) is 0 Å². The largest absolute Gasteiger partial charge is 0.341 e. The third-order valence-electron chi connectivity index (χ3n) is 5.41. The van der Waals surface area contributed by atoms with Crippen molar-refractivity contribution < 1.29 is 9.59 Å². The summed E-state index contributed by atoms with van der Waals surface area (Å²) in [6.45, 7) is 4.90. The Morgan fingerprint density at radius 1 is 0.828 bits per heavy atom. The maximum Gasteiger partial charge on any atom is 0.193 e. The summed E-state index contributed by atoms with van der Waals surface area (Å²) in [5.41, 5.74) is 4.17. The molecule has 4 aromatic rings. The Morgan fingerprint density at radius 2 is 1.41 bits per heavy atom. The summed E-state index contributed by atoms with van der Waals surface area (Å²) in [5, 5.41) is 2.01. The zero-order valence-electron chi connectivity index (χ0n) is 16.5. The van der Waals surface area contributed by atoms with Gasteiger partial charge in [0.1, 0.15) is 0 Å². The van der Waals surface area contributed by atoms with E-state index in [1.807, 2.05) is 73.7 Å². The van der Waals surface area contributed by atoms with Crippen molar-refractivity contribution in [3.05, 3.63) is 83.4 Å². The van der Waals surface area contributed by atoms with Gasteiger partial charge in [-0.25, -0.2) is 0 Å². The molecular formula is C25H22BrNO2. The summed E-state index contributed by atoms with van der Waals surface area (Å²) in [4.78, 5) is 25.4. The summed E-state index contributed by atoms with van der Waals surface area (Å²) in [6, 6.07) is 21.0. The minimum atomic E-state index is -0.185. The maximum absolute atomic E-state index is 12.9. The molecule has 146 valence electrons. The molecule has 0 saturated carbocycles. The number of hydrogen-bond acceptors (Lipinski definition) is 2. The first-order chi connectivity index (χ1) is 14.0. The monoisotopic (exact) mass is 447 g/mol. The smallest absolute Gasteiger partial charge is 0.193 e. The lowest BCUT2D eigenvalue weighted by molar-refractivity contribution is 0.0989. The van der Waals surface area contributed by atoms with Gasteiger partial charge < -0.3 is 4.57 Å². The van der Waals surface area contributed by atoms with Crippen LogP contribution in [0.5, 0.6) is 0 Å². The molecular weight excluding hydrogens is 426 g/mol. The highest BCUT2D eigenvalue weighted by molar-refractivity contribution is 9.10. The fraction of sp³-hybridized carbons (Fsp3) is 0.200. The Bertz CT molecular complexity index is 1220. The van der Waals surface area contributed by atoms with Crippen molar-refractivity contribution in [2.75, 3.05) is 0 Å². The predicted molar refractivity (Wildman–Crippen MR) is 122 cm³/mol. The molecule has 1 aromatic heterocycles. The zero-order valence-corrected chi connectivity index (χ0v) is 18.1. The molecule has 0 saturated heterocycles. The lowest BCUT2D eigenvalue weighted by Gasteiger charge is -2.07. The van der Waals surface area contributed by atoms with Gasteiger partial charge in [-0.3, -0.25) is 9.59 Å². The first-order valence-corrected chi connectivity index (χ1v) is 10.8. The Hall–Kier alpha value is -2.72. The molecule has 4 rings (SSSR count). The summed E-state index contributed by atoms with van der Waals surface area (Å²) in [7, 11) is 0. The van der Waals surface area contributed by atoms with Crippen molar-refractivity contribution in [1.82, 2.24) is 4.57 Å². The van der Waals surface area contributed by atoms with Crippen LogP contribution in [0.25, 0.3) is 21.8 Å². The second-order valence-corrected chi connectivity index (χ2v) is 8.25. The van der Waals surface area contributed by atoms with Crippen molar-refractivity contribution in [2.24, 2.45) is 0 Å². The lowest BCUT2D eigenvalue weighted by Crippen LogP contribution is -2.12. The first kappa shape index (κ1) is 19.6. The second kappa shape index (κ2) is 7.96. The van der Waals surface area contributed by atoms with Crippen molar-refractivity contribution in [3.63, 3.8) is 0 Å². The standard InChI is InChI=1S/C25H22BrNO2/c1-3-21(26)25(29)18-11-13-23-20(15-18)19-14-17(10-12-22(19)27(23)4-2)24(28)16-8-6-5-7-9-16/h5-15,21H,3-4H2,1-2H3. The van der Waals surface area contributed by atoms with E-state index >= 15 is 0 Å². The van der Waals surface area contributed by atoms with Crippen LogP contribution in [0.2, 0.25) is 0 Å². The molecule has 0 spiro atoms. The number of halogens is 1. The van der Waals surface area contributed by atoms with Crippen LogP contribution in [-0.4, -0.2) is 21.0 Å². The number of fused-ring (bicyclic) bond motifs is 3. The van der Waals surface area contributed by atoms with Crippen LogP contribution in [-0.2, 0) is 6.54 Å². The number of Topliss-reactive ketones (excluding diaryl/α,β-unsaturated/α-hetero) is 1. The Morgan fingerprint density at radius 3 is 2.00 bits per heavy atom. The number of nitrogens with zero attached hydrogens (tertiary/aromatic N) is 1. The van der Waals surface area contributed by atoms with Crippen molar-refractivity contribution in [1.29, 1.82) is 0 Å². The van der Waals surface area contributed by atoms with Crippen molar-refractivity contribution in [2.45, 2.75) is 31.6 Å². The van der Waals surface area contributed by atoms with Gasteiger partial charge >= 0.3 is 0 Å². The number of ketones is 2. The first-order valence-electron chi connectivity index (χ1n) is 9.89. The summed E-state index contributed by atoms with van der Waals surface area (Å²) in [5.74, 6) is 0.0898. The topological polar surface area (TPSA) is 39.1 Å². The average Bonchev–Trinajstić information content (AvgIpc) is 3.10. The molecule has 1 atom stereocenters. The molecule has 1 heterocycles. The quantitative estimate of drug-likeness (QED) is 0.253. The van der Waals surface area contributed by atoms with Gasteiger partial charge in [0.15, 0.2) is 11.6 Å². The van der Waals surface area contributed by atoms with Crippen LogP contribution in [0.1, 0.15) is 46.5 Å². The highest BCUT2D eigenvalue weighted by atomic mass is 79.9. The third kappa shape index (κ3) is 3.42. The normalized spacial score (nSPS) is 12.4. The Balaban J connectivity index is 1.91. The minimum absolute atomic E-state index is 0.00337. The fourth-order valence-corrected chi connectivity index (χ4v) is 4.13. The number of rotatable bonds is 6. The molecule has 0 amide bonds. The molecule has 0 aliphatic rings. The van der Waals surface area contributed by atoms with Crippen LogP contribution in [0, 0.1) is 0 Å². The van der Waals surface area contributed by atoms with E-state index in [1.165, 1.54) is 0 Å². The minimum Gasteiger partial charge on any atom is -0.341 e. The number of aromatic nitrogens is 1. The van der Waals surface area contributed by atoms with Gasteiger partial charge in [-0.1, -0.05) is 53.2 Å². The van der Waals surface area contributed by atoms with Gasteiger partial charge in [0.2, 0.25) is 0 Å². The summed E-state index contributed by atoms with van der Waals surface area (Å²) < 4.78 is 2.22. The molecule has 0 radical (unpaired) electrons. The van der Waals surface area contributed by atoms with E-state index in [9.17, 15) is 9.59 Å². The van der Waals surface area contributed by atoms with E-state index < -0.39 is 0 Å². The maximum atomic E-state index is 12.9. The molecule has 0 bridgehead atoms. The number of carbonyl (C=O) groups excluding carboxylic acids is 2. The van der Waals surface area contributed by atoms with E-state index in [4.69, 9.17) is 0 Å². The summed E-state index contributed by atoms with van der Waals surface area (Å²) in [6.07, 6.45) is 0.739. The van der Waals surface area contributed by atoms with Crippen LogP contribution < -0.4 is 0 Å². The molecule has 0 aliphatic heterocycles. The number of hydrogen-bond donors (Lipinski definition) is 0. The predicted octanol–water partition coefficient (Wildman–Crippen LogP) is 6.40. The van der Waals surface area contributed by atoms with Crippen LogP contribution in [0.15, 0.2) is 66.7 Å². The Labute approximate surface area is 178 Å². The van der Waals surface area contributed by atoms with Crippen molar-refractivity contribution in [3.8, 4) is 0 Å². The van der Waals surface area contributed by atoms with E-state index in [0.29, 0.717) is 16.7 Å². The average molecular weight is 448 g/mol. The molecule has 3 aromatic carbocycles. The zero-order chi connectivity index (χ0) is 20.5. The van der Waals surface area contributed by atoms with Crippen LogP contribution in [0.3, 0.4) is 0 Å². The van der Waals surface area contributed by atoms with Gasteiger partial charge in [0.05, 0.1) is 4.83 Å². The molecule has 3 nitrogen and oxygen atoms in total. The highest BCUT2D eigenvalue weighted by Gasteiger charge is 2.18. The molecule has 1 unspecified atom stereocenters. The molecule has 0 fully saturated rings. The van der Waals surface area contributed by atoms with E-state index in [1.54, 1.807) is 0 Å². The molecule has 0 N–H and O–H groups in total. The van der Waals surface area contributed by atoms with Crippen LogP contribution >= 0.6 is 15.9 Å². The number of alkyl halides is 1. The van der Waals surface area contributed by atoms with Gasteiger partial charge in [0, 0.05) is 45.0 Å². The van der Waals surface area contributed by atoms with Gasteiger partial charge in [-0.15, -0.1) is 0 Å². The second-order valence-electron chi connectivity index (χ2n) is 7.14. The lowest BCUT2D eigenvalue weighted by atomic mass is 10.00. The Kier molecular flexibility index (Phi) is 5.37. The number of aryl methyl sites for hydroxylation is 1. The van der Waals surface area contributed by atoms with E-state index in [2.05, 4.69) is 27.4 Å². The van der Waals surface area contributed by atoms with Crippen molar-refractivity contribution >= 4 is 49.3 Å². The molecule has 29 heavy (non-hydrogen) atoms. The molecule has 0 aliphatic carbocycles. The molecule has 4 heteroatoms. The fourth-order valence-electron chi connectivity index (χ4n) is 3.86. The SMILES string of the molecule is CCC(Br)C(=O)c1ccc2c(c1)c1cc(C(=O)c3ccccc3)ccc1n2CC. The summed E-state index contributed by atoms with van der Waals surface area (Å²) >= 11 is 3.47. The van der Waals surface area contributed by atoms with Crippen LogP contribution in [0.4, 0.5) is 0 Å². The number of benzene rings is 3. The van der Waals surface area contributed by atoms with Gasteiger partial charge in [-0.05, 0) is 49.7 Å². The van der Waals surface area contributed by atoms with E-state index in [-0.39, 0.29) is 16.4 Å². The third-order valence-corrected chi connectivity index (χ3v) is 6.47.